The summed E-state index contributed by atoms with van der Waals surface area (Å²) in [6, 6.07) is 8.61. The molecule has 96 valence electrons. The van der Waals surface area contributed by atoms with Crippen LogP contribution in [0.4, 0.5) is 0 Å². The van der Waals surface area contributed by atoms with Gasteiger partial charge in [0.1, 0.15) is 6.07 Å². The summed E-state index contributed by atoms with van der Waals surface area (Å²) < 4.78 is 0. The van der Waals surface area contributed by atoms with E-state index in [1.807, 2.05) is 25.2 Å². The molecular weight excluding hydrogens is 244 g/mol. The predicted molar refractivity (Wildman–Crippen MR) is 74.7 cm³/mol. The number of rotatable bonds is 3. The van der Waals surface area contributed by atoms with E-state index >= 15 is 0 Å². The summed E-state index contributed by atoms with van der Waals surface area (Å²) in [7, 11) is 2.05. The van der Waals surface area contributed by atoms with Gasteiger partial charge in [0.15, 0.2) is 0 Å². The van der Waals surface area contributed by atoms with Gasteiger partial charge in [-0.05, 0) is 62.8 Å². The zero-order valence-corrected chi connectivity index (χ0v) is 11.5. The number of hydrogen-bond donors (Lipinski definition) is 1. The fourth-order valence-electron chi connectivity index (χ4n) is 2.76. The van der Waals surface area contributed by atoms with Crippen molar-refractivity contribution in [2.75, 3.05) is 7.05 Å². The molecule has 1 fully saturated rings. The lowest BCUT2D eigenvalue weighted by Gasteiger charge is -2.28. The van der Waals surface area contributed by atoms with Crippen molar-refractivity contribution in [3.8, 4) is 6.07 Å². The lowest BCUT2D eigenvalue weighted by atomic mass is 9.82. The molecule has 1 aliphatic rings. The summed E-state index contributed by atoms with van der Waals surface area (Å²) in [6.45, 7) is 0. The molecular formula is C15H19ClN2. The van der Waals surface area contributed by atoms with Crippen molar-refractivity contribution in [3.05, 3.63) is 34.3 Å². The van der Waals surface area contributed by atoms with E-state index in [1.165, 1.54) is 31.2 Å². The zero-order valence-electron chi connectivity index (χ0n) is 10.7. The van der Waals surface area contributed by atoms with E-state index in [2.05, 4.69) is 11.4 Å². The Kier molecular flexibility index (Phi) is 4.63. The van der Waals surface area contributed by atoms with Gasteiger partial charge in [0.2, 0.25) is 0 Å². The zero-order chi connectivity index (χ0) is 13.0. The van der Waals surface area contributed by atoms with E-state index in [1.54, 1.807) is 0 Å². The topological polar surface area (TPSA) is 35.8 Å². The smallest absolute Gasteiger partial charge is 0.101 e. The van der Waals surface area contributed by atoms with Gasteiger partial charge >= 0.3 is 0 Å². The Bertz CT molecular complexity index is 442. The van der Waals surface area contributed by atoms with Crippen molar-refractivity contribution >= 4 is 11.6 Å². The second kappa shape index (κ2) is 6.22. The van der Waals surface area contributed by atoms with Crippen molar-refractivity contribution in [1.82, 2.24) is 5.32 Å². The normalized spacial score (nSPS) is 23.6. The van der Waals surface area contributed by atoms with Crippen LogP contribution in [0.3, 0.4) is 0 Å². The molecule has 1 aromatic carbocycles. The molecule has 0 bridgehead atoms. The standard InChI is InChI=1S/C15H19ClN2/c1-18-14-6-3-11(4-7-14)8-12-2-5-13(10-17)15(16)9-12/h2,5,9,11,14,18H,3-4,6-8H2,1H3. The summed E-state index contributed by atoms with van der Waals surface area (Å²) in [5.41, 5.74) is 1.83. The van der Waals surface area contributed by atoms with Crippen LogP contribution in [0.2, 0.25) is 5.02 Å². The Morgan fingerprint density at radius 1 is 1.33 bits per heavy atom. The molecule has 0 atom stereocenters. The van der Waals surface area contributed by atoms with Gasteiger partial charge in [0.05, 0.1) is 10.6 Å². The van der Waals surface area contributed by atoms with E-state index in [-0.39, 0.29) is 0 Å². The first-order chi connectivity index (χ1) is 8.72. The SMILES string of the molecule is CNC1CCC(Cc2ccc(C#N)c(Cl)c2)CC1. The molecule has 0 heterocycles. The van der Waals surface area contributed by atoms with Crippen LogP contribution in [-0.4, -0.2) is 13.1 Å². The minimum atomic E-state index is 0.569. The van der Waals surface area contributed by atoms with Crippen molar-refractivity contribution in [1.29, 1.82) is 5.26 Å². The predicted octanol–water partition coefficient (Wildman–Crippen LogP) is 3.53. The highest BCUT2D eigenvalue weighted by Gasteiger charge is 2.20. The maximum Gasteiger partial charge on any atom is 0.101 e. The third-order valence-corrected chi connectivity index (χ3v) is 4.25. The molecule has 2 rings (SSSR count). The van der Waals surface area contributed by atoms with E-state index in [4.69, 9.17) is 16.9 Å². The second-order valence-electron chi connectivity index (χ2n) is 5.14. The molecule has 1 aromatic rings. The maximum atomic E-state index is 8.85. The van der Waals surface area contributed by atoms with E-state index in [9.17, 15) is 0 Å². The lowest BCUT2D eigenvalue weighted by molar-refractivity contribution is 0.300. The molecule has 0 aromatic heterocycles. The van der Waals surface area contributed by atoms with Gasteiger partial charge in [-0.15, -0.1) is 0 Å². The molecule has 0 saturated heterocycles. The van der Waals surface area contributed by atoms with Gasteiger partial charge in [0.25, 0.3) is 0 Å². The van der Waals surface area contributed by atoms with Crippen LogP contribution in [0.5, 0.6) is 0 Å². The van der Waals surface area contributed by atoms with E-state index < -0.39 is 0 Å². The number of hydrogen-bond acceptors (Lipinski definition) is 2. The number of nitriles is 1. The first-order valence-electron chi connectivity index (χ1n) is 6.58. The molecule has 1 saturated carbocycles. The number of benzene rings is 1. The molecule has 3 heteroatoms. The van der Waals surface area contributed by atoms with E-state index in [0.29, 0.717) is 16.6 Å². The lowest BCUT2D eigenvalue weighted by Crippen LogP contribution is -2.30. The van der Waals surface area contributed by atoms with Crippen LogP contribution in [0.25, 0.3) is 0 Å². The highest BCUT2D eigenvalue weighted by Crippen LogP contribution is 2.28. The van der Waals surface area contributed by atoms with Crippen LogP contribution >= 0.6 is 11.6 Å². The van der Waals surface area contributed by atoms with Gasteiger partial charge in [-0.25, -0.2) is 0 Å². The van der Waals surface area contributed by atoms with Gasteiger partial charge in [-0.1, -0.05) is 17.7 Å². The van der Waals surface area contributed by atoms with Crippen LogP contribution in [-0.2, 0) is 6.42 Å². The molecule has 0 unspecified atom stereocenters. The minimum Gasteiger partial charge on any atom is -0.317 e. The van der Waals surface area contributed by atoms with Gasteiger partial charge in [-0.3, -0.25) is 0 Å². The number of nitrogens with one attached hydrogen (secondary N) is 1. The average Bonchev–Trinajstić information content (AvgIpc) is 2.40. The Morgan fingerprint density at radius 2 is 2.06 bits per heavy atom. The largest absolute Gasteiger partial charge is 0.317 e. The van der Waals surface area contributed by atoms with Gasteiger partial charge in [0, 0.05) is 6.04 Å². The number of halogens is 1. The summed E-state index contributed by atoms with van der Waals surface area (Å²) in [6.07, 6.45) is 6.18. The Morgan fingerprint density at radius 3 is 2.61 bits per heavy atom. The monoisotopic (exact) mass is 262 g/mol. The molecule has 0 spiro atoms. The fraction of sp³-hybridized carbons (Fsp3) is 0.533. The van der Waals surface area contributed by atoms with Crippen LogP contribution < -0.4 is 5.32 Å². The quantitative estimate of drug-likeness (QED) is 0.905. The molecule has 0 amide bonds. The molecule has 18 heavy (non-hydrogen) atoms. The first-order valence-corrected chi connectivity index (χ1v) is 6.96. The fourth-order valence-corrected chi connectivity index (χ4v) is 3.01. The highest BCUT2D eigenvalue weighted by molar-refractivity contribution is 6.31. The Balaban J connectivity index is 1.94. The van der Waals surface area contributed by atoms with Crippen molar-refractivity contribution < 1.29 is 0 Å². The molecule has 1 N–H and O–H groups in total. The summed E-state index contributed by atoms with van der Waals surface area (Å²) in [5, 5.41) is 12.8. The van der Waals surface area contributed by atoms with Crippen LogP contribution in [0.1, 0.15) is 36.8 Å². The molecule has 1 aliphatic carbocycles. The summed E-state index contributed by atoms with van der Waals surface area (Å²) in [5.74, 6) is 0.763. The van der Waals surface area contributed by atoms with Crippen LogP contribution in [0, 0.1) is 17.2 Å². The third-order valence-electron chi connectivity index (χ3n) is 3.93. The minimum absolute atomic E-state index is 0.569. The van der Waals surface area contributed by atoms with Crippen molar-refractivity contribution in [3.63, 3.8) is 0 Å². The van der Waals surface area contributed by atoms with Crippen LogP contribution in [0.15, 0.2) is 18.2 Å². The maximum absolute atomic E-state index is 8.85. The number of nitrogens with zero attached hydrogens (tertiary/aromatic N) is 1. The van der Waals surface area contributed by atoms with Gasteiger partial charge < -0.3 is 5.32 Å². The van der Waals surface area contributed by atoms with E-state index in [0.717, 1.165) is 12.3 Å². The molecule has 0 aliphatic heterocycles. The Labute approximate surface area is 114 Å². The second-order valence-corrected chi connectivity index (χ2v) is 5.54. The van der Waals surface area contributed by atoms with Crippen molar-refractivity contribution in [2.24, 2.45) is 5.92 Å². The van der Waals surface area contributed by atoms with Gasteiger partial charge in [-0.2, -0.15) is 5.26 Å². The molecule has 0 radical (unpaired) electrons. The first kappa shape index (κ1) is 13.4. The Hall–Kier alpha value is -1.04. The molecule has 2 nitrogen and oxygen atoms in total. The third kappa shape index (κ3) is 3.25. The summed E-state index contributed by atoms with van der Waals surface area (Å²) in [4.78, 5) is 0. The summed E-state index contributed by atoms with van der Waals surface area (Å²) >= 11 is 6.06. The highest BCUT2D eigenvalue weighted by atomic mass is 35.5. The average molecular weight is 263 g/mol. The van der Waals surface area contributed by atoms with Crippen molar-refractivity contribution in [2.45, 2.75) is 38.1 Å².